The molecule has 0 aliphatic rings. The molecule has 5 heteroatoms. The minimum Gasteiger partial charge on any atom is -0.381 e. The van der Waals surface area contributed by atoms with Gasteiger partial charge in [0.25, 0.3) is 0 Å². The van der Waals surface area contributed by atoms with Crippen LogP contribution < -0.4 is 0 Å². The van der Waals surface area contributed by atoms with Gasteiger partial charge in [0.15, 0.2) is 0 Å². The van der Waals surface area contributed by atoms with Gasteiger partial charge in [-0.15, -0.1) is 3.89 Å². The van der Waals surface area contributed by atoms with E-state index in [1.54, 1.807) is 0 Å². The molecule has 1 unspecified atom stereocenters. The zero-order valence-corrected chi connectivity index (χ0v) is 6.11. The first-order chi connectivity index (χ1) is 3.95. The maximum absolute atomic E-state index is 11.7. The summed E-state index contributed by atoms with van der Waals surface area (Å²) >= 11 is 0. The normalized spacial score (nSPS) is 15.4. The third-order valence-corrected chi connectivity index (χ3v) is 1.70. The molecule has 0 fully saturated rings. The minimum absolute atomic E-state index is 0.566. The molecule has 0 aliphatic heterocycles. The summed E-state index contributed by atoms with van der Waals surface area (Å²) in [7, 11) is -3.03. The lowest BCUT2D eigenvalue weighted by atomic mass is 10.5. The average molecular weight is 156 g/mol. The fourth-order valence-electron chi connectivity index (χ4n) is 0.348. The monoisotopic (exact) mass is 156 g/mol. The van der Waals surface area contributed by atoms with Crippen molar-refractivity contribution in [1.82, 2.24) is 0 Å². The molecular weight excluding hydrogens is 147 g/mol. The maximum atomic E-state index is 11.7. The molecule has 3 nitrogen and oxygen atoms in total. The topological polar surface area (TPSA) is 43.4 Å². The van der Waals surface area contributed by atoms with Gasteiger partial charge in [0, 0.05) is 7.11 Å². The number of rotatable bonds is 3. The Hall–Kier alpha value is -0.160. The molecule has 1 atom stereocenters. The molecule has 0 spiro atoms. The SMILES string of the molecule is COC(C)CS(=O)(=O)F. The number of methoxy groups -OCH3 is 1. The number of halogens is 1. The standard InChI is InChI=1S/C4H9FO3S/c1-4(8-2)3-9(5,6)7/h4H,3H2,1-2H3. The smallest absolute Gasteiger partial charge is 0.304 e. The van der Waals surface area contributed by atoms with E-state index in [1.165, 1.54) is 14.0 Å². The van der Waals surface area contributed by atoms with E-state index in [2.05, 4.69) is 4.74 Å². The zero-order valence-electron chi connectivity index (χ0n) is 5.30. The number of hydrogen-bond acceptors (Lipinski definition) is 3. The molecule has 0 aliphatic carbocycles. The van der Waals surface area contributed by atoms with Crippen molar-refractivity contribution in [2.45, 2.75) is 13.0 Å². The quantitative estimate of drug-likeness (QED) is 0.553. The first-order valence-electron chi connectivity index (χ1n) is 2.41. The van der Waals surface area contributed by atoms with Crippen molar-refractivity contribution in [3.63, 3.8) is 0 Å². The minimum atomic E-state index is -4.36. The Bertz CT molecular complexity index is 163. The van der Waals surface area contributed by atoms with Crippen LogP contribution in [-0.2, 0) is 15.0 Å². The van der Waals surface area contributed by atoms with Gasteiger partial charge >= 0.3 is 10.2 Å². The second-order valence-electron chi connectivity index (χ2n) is 1.75. The largest absolute Gasteiger partial charge is 0.381 e. The van der Waals surface area contributed by atoms with Gasteiger partial charge in [0.05, 0.1) is 6.10 Å². The molecule has 0 N–H and O–H groups in total. The van der Waals surface area contributed by atoms with Crippen LogP contribution in [0.3, 0.4) is 0 Å². The Morgan fingerprint density at radius 3 is 2.22 bits per heavy atom. The van der Waals surface area contributed by atoms with E-state index in [9.17, 15) is 12.3 Å². The first-order valence-corrected chi connectivity index (χ1v) is 3.96. The summed E-state index contributed by atoms with van der Waals surface area (Å²) in [5.74, 6) is -0.566. The van der Waals surface area contributed by atoms with Gasteiger partial charge in [0.1, 0.15) is 5.75 Å². The summed E-state index contributed by atoms with van der Waals surface area (Å²) < 4.78 is 35.9. The van der Waals surface area contributed by atoms with E-state index in [-0.39, 0.29) is 0 Å². The lowest BCUT2D eigenvalue weighted by Gasteiger charge is -2.03. The van der Waals surface area contributed by atoms with Crippen LogP contribution >= 0.6 is 0 Å². The summed E-state index contributed by atoms with van der Waals surface area (Å²) in [5.41, 5.74) is 0. The van der Waals surface area contributed by atoms with Crippen LogP contribution in [0.4, 0.5) is 3.89 Å². The molecule has 9 heavy (non-hydrogen) atoms. The highest BCUT2D eigenvalue weighted by atomic mass is 32.3. The van der Waals surface area contributed by atoms with Crippen LogP contribution in [-0.4, -0.2) is 27.4 Å². The summed E-state index contributed by atoms with van der Waals surface area (Å²) in [6.07, 6.45) is -0.569. The van der Waals surface area contributed by atoms with Crippen molar-refractivity contribution in [1.29, 1.82) is 0 Å². The van der Waals surface area contributed by atoms with Gasteiger partial charge in [-0.05, 0) is 6.92 Å². The van der Waals surface area contributed by atoms with E-state index >= 15 is 0 Å². The van der Waals surface area contributed by atoms with Crippen LogP contribution in [0, 0.1) is 0 Å². The Kier molecular flexibility index (Phi) is 3.07. The van der Waals surface area contributed by atoms with E-state index in [4.69, 9.17) is 0 Å². The molecule has 0 aromatic heterocycles. The fourth-order valence-corrected chi connectivity index (χ4v) is 1.05. The first kappa shape index (κ1) is 8.84. The number of ether oxygens (including phenoxy) is 1. The predicted molar refractivity (Wildman–Crippen MR) is 31.4 cm³/mol. The maximum Gasteiger partial charge on any atom is 0.304 e. The van der Waals surface area contributed by atoms with Crippen molar-refractivity contribution >= 4 is 10.2 Å². The highest BCUT2D eigenvalue weighted by molar-refractivity contribution is 7.86. The van der Waals surface area contributed by atoms with Crippen LogP contribution in [0.15, 0.2) is 0 Å². The van der Waals surface area contributed by atoms with Gasteiger partial charge in [-0.2, -0.15) is 8.42 Å². The third-order valence-electron chi connectivity index (χ3n) is 0.836. The van der Waals surface area contributed by atoms with Gasteiger partial charge in [0.2, 0.25) is 0 Å². The average Bonchev–Trinajstić information content (AvgIpc) is 1.62. The van der Waals surface area contributed by atoms with Crippen LogP contribution in [0.25, 0.3) is 0 Å². The predicted octanol–water partition coefficient (Wildman–Crippen LogP) is 0.321. The summed E-state index contributed by atoms with van der Waals surface area (Å²) in [5, 5.41) is 0. The number of hydrogen-bond donors (Lipinski definition) is 0. The molecule has 0 saturated heterocycles. The van der Waals surface area contributed by atoms with Gasteiger partial charge in [-0.1, -0.05) is 0 Å². The van der Waals surface area contributed by atoms with Gasteiger partial charge in [-0.3, -0.25) is 0 Å². The summed E-state index contributed by atoms with van der Waals surface area (Å²) in [6, 6.07) is 0. The van der Waals surface area contributed by atoms with Crippen LogP contribution in [0.2, 0.25) is 0 Å². The molecule has 0 aromatic rings. The highest BCUT2D eigenvalue weighted by Gasteiger charge is 2.12. The Balaban J connectivity index is 3.75. The van der Waals surface area contributed by atoms with E-state index in [1.807, 2.05) is 0 Å². The van der Waals surface area contributed by atoms with Crippen molar-refractivity contribution < 1.29 is 17.0 Å². The Labute approximate surface area is 54.0 Å². The molecule has 0 bridgehead atoms. The van der Waals surface area contributed by atoms with Crippen molar-refractivity contribution in [3.05, 3.63) is 0 Å². The van der Waals surface area contributed by atoms with Crippen LogP contribution in [0.1, 0.15) is 6.92 Å². The molecule has 0 amide bonds. The molecule has 0 saturated carbocycles. The van der Waals surface area contributed by atoms with Crippen molar-refractivity contribution in [3.8, 4) is 0 Å². The highest BCUT2D eigenvalue weighted by Crippen LogP contribution is 1.96. The fraction of sp³-hybridized carbons (Fsp3) is 1.00. The summed E-state index contributed by atoms with van der Waals surface area (Å²) in [6.45, 7) is 1.48. The second-order valence-corrected chi connectivity index (χ2v) is 3.16. The molecule has 0 rings (SSSR count). The van der Waals surface area contributed by atoms with E-state index < -0.39 is 22.1 Å². The van der Waals surface area contributed by atoms with Gasteiger partial charge < -0.3 is 4.74 Å². The van der Waals surface area contributed by atoms with Crippen molar-refractivity contribution in [2.24, 2.45) is 0 Å². The lowest BCUT2D eigenvalue weighted by molar-refractivity contribution is 0.135. The lowest BCUT2D eigenvalue weighted by Crippen LogP contribution is -2.16. The molecule has 0 heterocycles. The Morgan fingerprint density at radius 1 is 1.67 bits per heavy atom. The van der Waals surface area contributed by atoms with Crippen molar-refractivity contribution in [2.75, 3.05) is 12.9 Å². The van der Waals surface area contributed by atoms with Gasteiger partial charge in [-0.25, -0.2) is 0 Å². The van der Waals surface area contributed by atoms with E-state index in [0.717, 1.165) is 0 Å². The summed E-state index contributed by atoms with van der Waals surface area (Å²) in [4.78, 5) is 0. The second kappa shape index (κ2) is 3.12. The Morgan fingerprint density at radius 2 is 2.11 bits per heavy atom. The molecular formula is C4H9FO3S. The molecule has 0 radical (unpaired) electrons. The van der Waals surface area contributed by atoms with Crippen LogP contribution in [0.5, 0.6) is 0 Å². The zero-order chi connectivity index (χ0) is 7.49. The third kappa shape index (κ3) is 5.72. The molecule has 0 aromatic carbocycles. The molecule has 56 valence electrons. The van der Waals surface area contributed by atoms with E-state index in [0.29, 0.717) is 0 Å².